The summed E-state index contributed by atoms with van der Waals surface area (Å²) in [6, 6.07) is 14.1. The number of rotatable bonds is 4. The topological polar surface area (TPSA) is 75.6 Å². The summed E-state index contributed by atoms with van der Waals surface area (Å²) in [5.74, 6) is 4.64. The third-order valence-corrected chi connectivity index (χ3v) is 3.24. The van der Waals surface area contributed by atoms with Gasteiger partial charge in [-0.15, -0.1) is 0 Å². The summed E-state index contributed by atoms with van der Waals surface area (Å²) in [7, 11) is 0. The Morgan fingerprint density at radius 1 is 1.17 bits per heavy atom. The van der Waals surface area contributed by atoms with E-state index >= 15 is 0 Å². The van der Waals surface area contributed by atoms with E-state index in [1.54, 1.807) is 6.07 Å². The molecule has 0 unspecified atom stereocenters. The molecule has 2 aromatic carbocycles. The third-order valence-electron chi connectivity index (χ3n) is 3.24. The Hall–Kier alpha value is -3.26. The highest BCUT2D eigenvalue weighted by Crippen LogP contribution is 2.10. The fraction of sp³-hybridized carbons (Fsp3) is 0.158. The Labute approximate surface area is 140 Å². The van der Waals surface area contributed by atoms with Gasteiger partial charge in [0, 0.05) is 5.56 Å². The molecule has 0 heterocycles. The number of ether oxygens (including phenoxy) is 1. The molecule has 0 spiro atoms. The van der Waals surface area contributed by atoms with Crippen molar-refractivity contribution in [2.45, 2.75) is 13.5 Å². The number of carbonyl (C=O) groups excluding carboxylic acids is 1. The number of hydrogen-bond acceptors (Lipinski definition) is 3. The molecule has 1 amide bonds. The number of carboxylic acid groups (broad SMARTS) is 1. The van der Waals surface area contributed by atoms with Crippen molar-refractivity contribution in [3.05, 3.63) is 70.8 Å². The van der Waals surface area contributed by atoms with Crippen LogP contribution in [0.1, 0.15) is 27.0 Å². The van der Waals surface area contributed by atoms with Crippen LogP contribution >= 0.6 is 0 Å². The molecule has 5 nitrogen and oxygen atoms in total. The largest absolute Gasteiger partial charge is 0.478 e. The predicted molar refractivity (Wildman–Crippen MR) is 89.6 cm³/mol. The van der Waals surface area contributed by atoms with Crippen LogP contribution in [0.4, 0.5) is 4.79 Å². The van der Waals surface area contributed by atoms with Gasteiger partial charge in [0.2, 0.25) is 0 Å². The van der Waals surface area contributed by atoms with Gasteiger partial charge in [-0.3, -0.25) is 0 Å². The number of carboxylic acids is 1. The van der Waals surface area contributed by atoms with Gasteiger partial charge in [-0.05, 0) is 30.2 Å². The van der Waals surface area contributed by atoms with E-state index in [-0.39, 0.29) is 18.7 Å². The second kappa shape index (κ2) is 8.39. The summed E-state index contributed by atoms with van der Waals surface area (Å²) in [6.07, 6.45) is -0.552. The van der Waals surface area contributed by atoms with Crippen molar-refractivity contribution in [1.29, 1.82) is 0 Å². The highest BCUT2D eigenvalue weighted by atomic mass is 16.5. The molecular formula is C19H17NO4. The molecule has 2 N–H and O–H groups in total. The third kappa shape index (κ3) is 5.18. The van der Waals surface area contributed by atoms with Crippen molar-refractivity contribution in [3.8, 4) is 11.8 Å². The van der Waals surface area contributed by atoms with Crippen LogP contribution in [-0.2, 0) is 11.3 Å². The van der Waals surface area contributed by atoms with Gasteiger partial charge in [0.05, 0.1) is 12.1 Å². The first-order valence-electron chi connectivity index (χ1n) is 7.33. The number of benzene rings is 2. The Kier molecular flexibility index (Phi) is 5.98. The smallest absolute Gasteiger partial charge is 0.408 e. The van der Waals surface area contributed by atoms with Gasteiger partial charge in [-0.1, -0.05) is 48.2 Å². The number of alkyl carbamates (subject to hydrolysis) is 1. The number of amides is 1. The normalized spacial score (nSPS) is 9.54. The van der Waals surface area contributed by atoms with E-state index in [0.717, 1.165) is 11.1 Å². The average Bonchev–Trinajstić information content (AvgIpc) is 2.59. The first kappa shape index (κ1) is 17.1. The van der Waals surface area contributed by atoms with Crippen molar-refractivity contribution < 1.29 is 19.4 Å². The Balaban J connectivity index is 1.84. The minimum absolute atomic E-state index is 0.115. The SMILES string of the molecule is Cc1ccc(C(=O)O)cc1C#CCNC(=O)OCc1ccccc1. The highest BCUT2D eigenvalue weighted by molar-refractivity contribution is 5.88. The summed E-state index contributed by atoms with van der Waals surface area (Å²) in [5.41, 5.74) is 2.58. The number of carbonyl (C=O) groups is 2. The molecule has 0 aliphatic carbocycles. The molecule has 0 aromatic heterocycles. The lowest BCUT2D eigenvalue weighted by atomic mass is 10.1. The van der Waals surface area contributed by atoms with E-state index in [4.69, 9.17) is 9.84 Å². The Morgan fingerprint density at radius 3 is 2.62 bits per heavy atom. The maximum absolute atomic E-state index is 11.6. The second-order valence-corrected chi connectivity index (χ2v) is 5.05. The molecule has 5 heteroatoms. The highest BCUT2D eigenvalue weighted by Gasteiger charge is 2.04. The van der Waals surface area contributed by atoms with Gasteiger partial charge in [0.1, 0.15) is 6.61 Å². The minimum Gasteiger partial charge on any atom is -0.478 e. The molecule has 122 valence electrons. The summed E-state index contributed by atoms with van der Waals surface area (Å²) >= 11 is 0. The molecule has 0 saturated heterocycles. The van der Waals surface area contributed by atoms with E-state index in [9.17, 15) is 9.59 Å². The van der Waals surface area contributed by atoms with Crippen LogP contribution in [0, 0.1) is 18.8 Å². The van der Waals surface area contributed by atoms with Crippen LogP contribution in [0.15, 0.2) is 48.5 Å². The molecule has 2 rings (SSSR count). The van der Waals surface area contributed by atoms with Crippen molar-refractivity contribution in [2.24, 2.45) is 0 Å². The lowest BCUT2D eigenvalue weighted by Gasteiger charge is -2.04. The summed E-state index contributed by atoms with van der Waals surface area (Å²) in [4.78, 5) is 22.5. The van der Waals surface area contributed by atoms with Crippen LogP contribution in [0.3, 0.4) is 0 Å². The Morgan fingerprint density at radius 2 is 1.92 bits per heavy atom. The van der Waals surface area contributed by atoms with E-state index in [1.165, 1.54) is 12.1 Å². The van der Waals surface area contributed by atoms with Gasteiger partial charge in [0.15, 0.2) is 0 Å². The summed E-state index contributed by atoms with van der Waals surface area (Å²) in [6.45, 7) is 2.15. The maximum atomic E-state index is 11.6. The van der Waals surface area contributed by atoms with E-state index in [2.05, 4.69) is 17.2 Å². The summed E-state index contributed by atoms with van der Waals surface area (Å²) in [5, 5.41) is 11.5. The molecule has 0 bridgehead atoms. The molecule has 0 saturated carbocycles. The van der Waals surface area contributed by atoms with Gasteiger partial charge >= 0.3 is 12.1 Å². The summed E-state index contributed by atoms with van der Waals surface area (Å²) < 4.78 is 5.06. The minimum atomic E-state index is -0.999. The van der Waals surface area contributed by atoms with E-state index in [0.29, 0.717) is 5.56 Å². The van der Waals surface area contributed by atoms with Crippen molar-refractivity contribution in [1.82, 2.24) is 5.32 Å². The molecule has 0 radical (unpaired) electrons. The number of aryl methyl sites for hydroxylation is 1. The molecule has 0 fully saturated rings. The van der Waals surface area contributed by atoms with Gasteiger partial charge < -0.3 is 15.2 Å². The monoisotopic (exact) mass is 323 g/mol. The van der Waals surface area contributed by atoms with Gasteiger partial charge in [-0.25, -0.2) is 9.59 Å². The Bertz CT molecular complexity index is 788. The predicted octanol–water partition coefficient (Wildman–Crippen LogP) is 2.97. The quantitative estimate of drug-likeness (QED) is 0.848. The van der Waals surface area contributed by atoms with Crippen molar-refractivity contribution in [2.75, 3.05) is 6.54 Å². The van der Waals surface area contributed by atoms with Crippen LogP contribution in [-0.4, -0.2) is 23.7 Å². The maximum Gasteiger partial charge on any atom is 0.408 e. The zero-order chi connectivity index (χ0) is 17.4. The van der Waals surface area contributed by atoms with Crippen LogP contribution in [0.2, 0.25) is 0 Å². The number of aromatic carboxylic acids is 1. The molecule has 24 heavy (non-hydrogen) atoms. The van der Waals surface area contributed by atoms with E-state index in [1.807, 2.05) is 37.3 Å². The van der Waals surface area contributed by atoms with Crippen molar-refractivity contribution >= 4 is 12.1 Å². The second-order valence-electron chi connectivity index (χ2n) is 5.05. The van der Waals surface area contributed by atoms with Crippen LogP contribution in [0.25, 0.3) is 0 Å². The molecule has 2 aromatic rings. The van der Waals surface area contributed by atoms with Crippen LogP contribution < -0.4 is 5.32 Å². The van der Waals surface area contributed by atoms with Crippen molar-refractivity contribution in [3.63, 3.8) is 0 Å². The molecule has 0 atom stereocenters. The zero-order valence-corrected chi connectivity index (χ0v) is 13.2. The first-order chi connectivity index (χ1) is 11.6. The lowest BCUT2D eigenvalue weighted by Crippen LogP contribution is -2.24. The van der Waals surface area contributed by atoms with Crippen LogP contribution in [0.5, 0.6) is 0 Å². The molecule has 0 aliphatic rings. The van der Waals surface area contributed by atoms with E-state index < -0.39 is 12.1 Å². The zero-order valence-electron chi connectivity index (χ0n) is 13.2. The average molecular weight is 323 g/mol. The lowest BCUT2D eigenvalue weighted by molar-refractivity contribution is 0.0696. The standard InChI is InChI=1S/C19H17NO4/c1-14-9-10-17(18(21)22)12-16(14)8-5-11-20-19(23)24-13-15-6-3-2-4-7-15/h2-4,6-7,9-10,12H,11,13H2,1H3,(H,20,23)(H,21,22). The number of hydrogen-bond donors (Lipinski definition) is 2. The number of nitrogens with one attached hydrogen (secondary N) is 1. The molecule has 0 aliphatic heterocycles. The fourth-order valence-corrected chi connectivity index (χ4v) is 1.92. The molecular weight excluding hydrogens is 306 g/mol. The fourth-order valence-electron chi connectivity index (χ4n) is 1.92. The van der Waals surface area contributed by atoms with Gasteiger partial charge in [0.25, 0.3) is 0 Å². The first-order valence-corrected chi connectivity index (χ1v) is 7.33. The van der Waals surface area contributed by atoms with Gasteiger partial charge in [-0.2, -0.15) is 0 Å².